The van der Waals surface area contributed by atoms with Crippen molar-refractivity contribution in [3.05, 3.63) is 63.1 Å². The maximum Gasteiger partial charge on any atom is 0.207 e. The van der Waals surface area contributed by atoms with E-state index in [1.165, 1.54) is 12.2 Å². The zero-order chi connectivity index (χ0) is 20.0. The Bertz CT molecular complexity index is 983. The van der Waals surface area contributed by atoms with Crippen molar-refractivity contribution < 1.29 is 24.7 Å². The summed E-state index contributed by atoms with van der Waals surface area (Å²) < 4.78 is 1.95. The first kappa shape index (κ1) is 18.8. The predicted molar refractivity (Wildman–Crippen MR) is 102 cm³/mol. The fourth-order valence-electron chi connectivity index (χ4n) is 3.57. The third kappa shape index (κ3) is 2.72. The van der Waals surface area contributed by atoms with Gasteiger partial charge in [0, 0.05) is 16.8 Å². The second-order valence-electron chi connectivity index (χ2n) is 6.81. The van der Waals surface area contributed by atoms with Crippen LogP contribution in [0.3, 0.4) is 0 Å². The van der Waals surface area contributed by atoms with Crippen molar-refractivity contribution in [1.82, 2.24) is 4.98 Å². The molecule has 1 aromatic rings. The van der Waals surface area contributed by atoms with Gasteiger partial charge in [0.2, 0.25) is 5.71 Å². The Kier molecular flexibility index (Phi) is 4.59. The van der Waals surface area contributed by atoms with Crippen LogP contribution in [0.15, 0.2) is 40.6 Å². The molecule has 0 saturated carbocycles. The highest BCUT2D eigenvalue weighted by Gasteiger charge is 2.36. The molecule has 0 bridgehead atoms. The van der Waals surface area contributed by atoms with Gasteiger partial charge in [0.25, 0.3) is 0 Å². The van der Waals surface area contributed by atoms with E-state index < -0.39 is 11.5 Å². The van der Waals surface area contributed by atoms with Gasteiger partial charge in [-0.3, -0.25) is 4.79 Å². The Morgan fingerprint density at radius 1 is 0.963 bits per heavy atom. The molecular formula is C21H24N2O4. The number of H-pyrrole nitrogens is 1. The normalized spacial score (nSPS) is 17.2. The van der Waals surface area contributed by atoms with E-state index in [-0.39, 0.29) is 28.2 Å². The van der Waals surface area contributed by atoms with E-state index in [0.29, 0.717) is 24.5 Å². The van der Waals surface area contributed by atoms with E-state index in [1.807, 2.05) is 39.2 Å². The van der Waals surface area contributed by atoms with Gasteiger partial charge in [-0.2, -0.15) is 0 Å². The first-order valence-electron chi connectivity index (χ1n) is 9.03. The number of hydrogen-bond acceptors (Lipinski definition) is 4. The molecule has 0 aromatic carbocycles. The number of hydrogen-bond donors (Lipinski definition) is 3. The molecule has 3 N–H and O–H groups in total. The smallest absolute Gasteiger partial charge is 0.207 e. The summed E-state index contributed by atoms with van der Waals surface area (Å²) in [6.07, 6.45) is 2.95. The first-order valence-corrected chi connectivity index (χ1v) is 9.03. The average molecular weight is 368 g/mol. The average Bonchev–Trinajstić information content (AvgIpc) is 2.86. The number of carbonyl (C=O) groups excluding carboxylic acids is 1. The number of aromatic amines is 1. The summed E-state index contributed by atoms with van der Waals surface area (Å²) in [5, 5.41) is 33.6. The van der Waals surface area contributed by atoms with E-state index in [0.717, 1.165) is 16.8 Å². The Labute approximate surface area is 158 Å². The third-order valence-electron chi connectivity index (χ3n) is 5.43. The van der Waals surface area contributed by atoms with Gasteiger partial charge in [-0.25, -0.2) is 4.58 Å². The van der Waals surface area contributed by atoms with Crippen LogP contribution in [0.5, 0.6) is 0 Å². The van der Waals surface area contributed by atoms with Crippen LogP contribution < -0.4 is 5.11 Å². The van der Waals surface area contributed by atoms with Gasteiger partial charge >= 0.3 is 0 Å². The first-order chi connectivity index (χ1) is 12.7. The maximum atomic E-state index is 12.7. The van der Waals surface area contributed by atoms with Crippen molar-refractivity contribution >= 4 is 17.1 Å². The van der Waals surface area contributed by atoms with Crippen LogP contribution in [0.1, 0.15) is 36.4 Å². The van der Waals surface area contributed by atoms with E-state index in [1.54, 1.807) is 0 Å². The number of allylic oxidation sites excluding steroid dienone is 4. The molecule has 0 amide bonds. The molecule has 2 aliphatic rings. The van der Waals surface area contributed by atoms with Gasteiger partial charge in [-0.05, 0) is 45.7 Å². The van der Waals surface area contributed by atoms with Crippen LogP contribution in [0.2, 0.25) is 0 Å². The van der Waals surface area contributed by atoms with Crippen molar-refractivity contribution in [2.45, 2.75) is 34.6 Å². The molecule has 3 rings (SSSR count). The molecule has 1 aromatic heterocycles. The van der Waals surface area contributed by atoms with Crippen LogP contribution in [-0.2, 0) is 4.79 Å². The zero-order valence-corrected chi connectivity index (χ0v) is 16.2. The quantitative estimate of drug-likeness (QED) is 0.563. The van der Waals surface area contributed by atoms with Crippen molar-refractivity contribution in [1.29, 1.82) is 0 Å². The molecular weight excluding hydrogens is 344 g/mol. The third-order valence-corrected chi connectivity index (χ3v) is 5.43. The molecule has 0 aliphatic heterocycles. The Balaban J connectivity index is 2.14. The number of nitrogens with one attached hydrogen (secondary N) is 1. The summed E-state index contributed by atoms with van der Waals surface area (Å²) >= 11 is 0. The summed E-state index contributed by atoms with van der Waals surface area (Å²) in [6.45, 7) is 11.0. The number of rotatable bonds is 3. The largest absolute Gasteiger partial charge is 0.871 e. The minimum absolute atomic E-state index is 0.0744. The number of Topliss-reactive ketones (excluding diaryl/α,β-unsaturated/α-hetero) is 1. The summed E-state index contributed by atoms with van der Waals surface area (Å²) in [4.78, 5) is 15.8. The molecule has 0 atom stereocenters. The van der Waals surface area contributed by atoms with E-state index in [2.05, 4.69) is 4.98 Å². The minimum atomic E-state index is -0.467. The second-order valence-corrected chi connectivity index (χ2v) is 6.81. The summed E-state index contributed by atoms with van der Waals surface area (Å²) in [6, 6.07) is 0. The van der Waals surface area contributed by atoms with Gasteiger partial charge < -0.3 is 20.3 Å². The molecule has 27 heavy (non-hydrogen) atoms. The van der Waals surface area contributed by atoms with Gasteiger partial charge in [0.1, 0.15) is 24.6 Å². The standard InChI is InChI=1S/C21H24N2O4/c1-6-23(7-2)13-8-14(24)16(15(25)9-13)17-20(26)18(21(17)27)19-11(4)10(3)12(5)22-19/h8-9H,6-7H2,1-5H3,(H3,22,24,25,26,27). The highest BCUT2D eigenvalue weighted by molar-refractivity contribution is 6.39. The molecule has 0 spiro atoms. The monoisotopic (exact) mass is 368 g/mol. The van der Waals surface area contributed by atoms with Crippen LogP contribution in [0.25, 0.3) is 5.57 Å². The van der Waals surface area contributed by atoms with Crippen LogP contribution in [0.4, 0.5) is 0 Å². The molecule has 0 radical (unpaired) electrons. The number of ketones is 1. The highest BCUT2D eigenvalue weighted by Crippen LogP contribution is 2.41. The summed E-state index contributed by atoms with van der Waals surface area (Å²) in [5.41, 5.74) is 3.72. The fraction of sp³-hybridized carbons (Fsp3) is 0.333. The van der Waals surface area contributed by atoms with Gasteiger partial charge in [0.05, 0.1) is 23.4 Å². The molecule has 0 unspecified atom stereocenters. The zero-order valence-electron chi connectivity index (χ0n) is 16.2. The Hall–Kier alpha value is -3.02. The maximum absolute atomic E-state index is 12.7. The number of aryl methyl sites for hydroxylation is 1. The van der Waals surface area contributed by atoms with Gasteiger partial charge in [-0.1, -0.05) is 5.76 Å². The van der Waals surface area contributed by atoms with Gasteiger partial charge in [0.15, 0.2) is 5.78 Å². The molecule has 142 valence electrons. The number of carbonyl (C=O) groups is 1. The molecule has 6 nitrogen and oxygen atoms in total. The van der Waals surface area contributed by atoms with Crippen LogP contribution in [-0.4, -0.2) is 44.4 Å². The number of aromatic nitrogens is 1. The summed E-state index contributed by atoms with van der Waals surface area (Å²) in [7, 11) is 0. The molecule has 6 heteroatoms. The number of nitrogens with zero attached hydrogens (tertiary/aromatic N) is 1. The topological polar surface area (TPSA) is 99.4 Å². The van der Waals surface area contributed by atoms with Crippen molar-refractivity contribution in [3.8, 4) is 0 Å². The molecule has 2 aliphatic carbocycles. The van der Waals surface area contributed by atoms with Crippen molar-refractivity contribution in [2.75, 3.05) is 13.1 Å². The molecule has 0 fully saturated rings. The SMILES string of the molecule is CC[N+](CC)=C1C=C(O)C(=C2C(=O)C(c3[nH]c(C)c(C)c3C)=C2[O-])C(O)=C1. The Morgan fingerprint density at radius 2 is 1.52 bits per heavy atom. The van der Waals surface area contributed by atoms with Crippen molar-refractivity contribution in [2.24, 2.45) is 0 Å². The lowest BCUT2D eigenvalue weighted by atomic mass is 9.80. The van der Waals surface area contributed by atoms with Gasteiger partial charge in [-0.15, -0.1) is 0 Å². The minimum Gasteiger partial charge on any atom is -0.871 e. The van der Waals surface area contributed by atoms with Crippen molar-refractivity contribution in [3.63, 3.8) is 0 Å². The van der Waals surface area contributed by atoms with E-state index >= 15 is 0 Å². The predicted octanol–water partition coefficient (Wildman–Crippen LogP) is 2.28. The Morgan fingerprint density at radius 3 is 1.93 bits per heavy atom. The van der Waals surface area contributed by atoms with Crippen LogP contribution >= 0.6 is 0 Å². The number of aliphatic hydroxyl groups excluding tert-OH is 2. The molecule has 0 saturated heterocycles. The second kappa shape index (κ2) is 6.61. The highest BCUT2D eigenvalue weighted by atomic mass is 16.3. The fourth-order valence-corrected chi connectivity index (χ4v) is 3.57. The molecule has 1 heterocycles. The van der Waals surface area contributed by atoms with E-state index in [9.17, 15) is 20.1 Å². The summed E-state index contributed by atoms with van der Waals surface area (Å²) in [5.74, 6) is -1.48. The van der Waals surface area contributed by atoms with Crippen LogP contribution in [0, 0.1) is 20.8 Å². The van der Waals surface area contributed by atoms with E-state index in [4.69, 9.17) is 0 Å². The number of aliphatic hydroxyl groups is 2. The lowest BCUT2D eigenvalue weighted by Crippen LogP contribution is -2.32. The lowest BCUT2D eigenvalue weighted by molar-refractivity contribution is -0.519. The lowest BCUT2D eigenvalue weighted by Gasteiger charge is -2.32.